The minimum atomic E-state index is 0.763. The van der Waals surface area contributed by atoms with E-state index in [0.29, 0.717) is 0 Å². The van der Waals surface area contributed by atoms with Gasteiger partial charge >= 0.3 is 0 Å². The number of fused-ring (bicyclic) bond motifs is 2. The van der Waals surface area contributed by atoms with Crippen LogP contribution in [0.3, 0.4) is 0 Å². The third kappa shape index (κ3) is 1.98. The number of hydrogen-bond donors (Lipinski definition) is 0. The Hall–Kier alpha value is -2.38. The highest BCUT2D eigenvalue weighted by atomic mass is 35.5. The van der Waals surface area contributed by atoms with Crippen molar-refractivity contribution in [2.75, 3.05) is 0 Å². The second kappa shape index (κ2) is 4.87. The summed E-state index contributed by atoms with van der Waals surface area (Å²) >= 11 is 6.44. The van der Waals surface area contributed by atoms with E-state index in [1.807, 2.05) is 54.6 Å². The number of para-hydroxylation sites is 2. The molecule has 21 heavy (non-hydrogen) atoms. The van der Waals surface area contributed by atoms with Gasteiger partial charge in [-0.3, -0.25) is 0 Å². The lowest BCUT2D eigenvalue weighted by Crippen LogP contribution is -1.89. The summed E-state index contributed by atoms with van der Waals surface area (Å²) in [7, 11) is 0. The molecule has 1 nitrogen and oxygen atoms in total. The third-order valence-corrected chi connectivity index (χ3v) is 4.06. The molecule has 1 aromatic heterocycles. The molecule has 0 aliphatic carbocycles. The molecule has 0 amide bonds. The van der Waals surface area contributed by atoms with Crippen molar-refractivity contribution in [3.8, 4) is 11.1 Å². The Kier molecular flexibility index (Phi) is 2.87. The first-order chi connectivity index (χ1) is 10.3. The van der Waals surface area contributed by atoms with Crippen LogP contribution in [0, 0.1) is 0 Å². The van der Waals surface area contributed by atoms with E-state index in [0.717, 1.165) is 38.0 Å². The number of halogens is 1. The van der Waals surface area contributed by atoms with Crippen molar-refractivity contribution in [2.24, 2.45) is 0 Å². The molecule has 0 N–H and O–H groups in total. The monoisotopic (exact) mass is 289 g/mol. The first-order valence-electron chi connectivity index (χ1n) is 6.87. The molecule has 4 aromatic rings. The third-order valence-electron chi connectivity index (χ3n) is 3.73. The van der Waals surface area contributed by atoms with E-state index < -0.39 is 0 Å². The van der Waals surface area contributed by atoms with Crippen LogP contribution in [0.5, 0.6) is 0 Å². The lowest BCUT2D eigenvalue weighted by Gasteiger charge is -2.12. The minimum absolute atomic E-state index is 0.763. The first kappa shape index (κ1) is 12.4. The van der Waals surface area contributed by atoms with Crippen molar-refractivity contribution < 1.29 is 0 Å². The van der Waals surface area contributed by atoms with Crippen LogP contribution in [-0.2, 0) is 0 Å². The Morgan fingerprint density at radius 3 is 1.76 bits per heavy atom. The molecule has 0 atom stereocenters. The molecular weight excluding hydrogens is 278 g/mol. The van der Waals surface area contributed by atoms with Crippen LogP contribution in [0.1, 0.15) is 0 Å². The SMILES string of the molecule is Clc1ccccc1-c1c2ccccc2nc2ccccc12. The van der Waals surface area contributed by atoms with Gasteiger partial charge in [0, 0.05) is 26.9 Å². The molecule has 0 saturated heterocycles. The van der Waals surface area contributed by atoms with E-state index in [4.69, 9.17) is 16.6 Å². The molecule has 3 aromatic carbocycles. The van der Waals surface area contributed by atoms with Crippen molar-refractivity contribution in [1.29, 1.82) is 0 Å². The van der Waals surface area contributed by atoms with Gasteiger partial charge in [0.2, 0.25) is 0 Å². The maximum atomic E-state index is 6.44. The van der Waals surface area contributed by atoms with E-state index in [2.05, 4.69) is 18.2 Å². The number of pyridine rings is 1. The fraction of sp³-hybridized carbons (Fsp3) is 0. The van der Waals surface area contributed by atoms with Gasteiger partial charge in [0.25, 0.3) is 0 Å². The average Bonchev–Trinajstić information content (AvgIpc) is 2.53. The van der Waals surface area contributed by atoms with Crippen LogP contribution >= 0.6 is 11.6 Å². The molecule has 1 heterocycles. The van der Waals surface area contributed by atoms with E-state index in [-0.39, 0.29) is 0 Å². The van der Waals surface area contributed by atoms with Gasteiger partial charge in [0.05, 0.1) is 11.0 Å². The Labute approximate surface area is 127 Å². The predicted octanol–water partition coefficient (Wildman–Crippen LogP) is 5.71. The number of hydrogen-bond acceptors (Lipinski definition) is 1. The van der Waals surface area contributed by atoms with Gasteiger partial charge in [0.1, 0.15) is 0 Å². The summed E-state index contributed by atoms with van der Waals surface area (Å²) in [4.78, 5) is 4.75. The molecule has 0 spiro atoms. The van der Waals surface area contributed by atoms with Crippen LogP contribution in [-0.4, -0.2) is 4.98 Å². The standard InChI is InChI=1S/C19H12ClN/c20-16-10-4-1-7-13(16)19-14-8-2-5-11-17(14)21-18-12-6-3-9-15(18)19/h1-12H. The molecule has 100 valence electrons. The molecule has 4 rings (SSSR count). The van der Waals surface area contributed by atoms with E-state index in [9.17, 15) is 0 Å². The minimum Gasteiger partial charge on any atom is -0.248 e. The largest absolute Gasteiger partial charge is 0.248 e. The van der Waals surface area contributed by atoms with Crippen LogP contribution in [0.15, 0.2) is 72.8 Å². The quantitative estimate of drug-likeness (QED) is 0.409. The normalized spacial score (nSPS) is 11.1. The van der Waals surface area contributed by atoms with Crippen LogP contribution < -0.4 is 0 Å². The highest BCUT2D eigenvalue weighted by molar-refractivity contribution is 6.34. The Morgan fingerprint density at radius 2 is 1.14 bits per heavy atom. The topological polar surface area (TPSA) is 12.9 Å². The van der Waals surface area contributed by atoms with Gasteiger partial charge in [-0.2, -0.15) is 0 Å². The number of benzene rings is 3. The highest BCUT2D eigenvalue weighted by Crippen LogP contribution is 2.37. The number of aromatic nitrogens is 1. The molecular formula is C19H12ClN. The molecule has 0 saturated carbocycles. The van der Waals surface area contributed by atoms with Gasteiger partial charge in [-0.1, -0.05) is 66.2 Å². The Balaban J connectivity index is 2.25. The summed E-state index contributed by atoms with van der Waals surface area (Å²) in [6.07, 6.45) is 0. The van der Waals surface area contributed by atoms with E-state index in [1.54, 1.807) is 0 Å². The maximum Gasteiger partial charge on any atom is 0.0715 e. The Bertz CT molecular complexity index is 906. The maximum absolute atomic E-state index is 6.44. The molecule has 0 aliphatic rings. The zero-order chi connectivity index (χ0) is 14.2. The van der Waals surface area contributed by atoms with E-state index >= 15 is 0 Å². The van der Waals surface area contributed by atoms with Crippen LogP contribution in [0.2, 0.25) is 5.02 Å². The molecule has 0 bridgehead atoms. The number of nitrogens with zero attached hydrogens (tertiary/aromatic N) is 1. The van der Waals surface area contributed by atoms with Gasteiger partial charge in [-0.15, -0.1) is 0 Å². The summed E-state index contributed by atoms with van der Waals surface area (Å²) in [5.74, 6) is 0. The van der Waals surface area contributed by atoms with Crippen LogP contribution in [0.25, 0.3) is 32.9 Å². The summed E-state index contributed by atoms with van der Waals surface area (Å²) in [5.41, 5.74) is 4.19. The lowest BCUT2D eigenvalue weighted by atomic mass is 9.96. The zero-order valence-electron chi connectivity index (χ0n) is 11.3. The van der Waals surface area contributed by atoms with Gasteiger partial charge in [0.15, 0.2) is 0 Å². The van der Waals surface area contributed by atoms with Crippen molar-refractivity contribution in [3.05, 3.63) is 77.8 Å². The van der Waals surface area contributed by atoms with Gasteiger partial charge < -0.3 is 0 Å². The summed E-state index contributed by atoms with van der Waals surface area (Å²) in [6.45, 7) is 0. The fourth-order valence-electron chi connectivity index (χ4n) is 2.79. The molecule has 0 fully saturated rings. The fourth-order valence-corrected chi connectivity index (χ4v) is 3.02. The summed E-state index contributed by atoms with van der Waals surface area (Å²) in [5, 5.41) is 3.02. The molecule has 0 aliphatic heterocycles. The van der Waals surface area contributed by atoms with Crippen molar-refractivity contribution in [1.82, 2.24) is 4.98 Å². The van der Waals surface area contributed by atoms with Gasteiger partial charge in [-0.25, -0.2) is 4.98 Å². The van der Waals surface area contributed by atoms with Crippen LogP contribution in [0.4, 0.5) is 0 Å². The molecule has 0 unspecified atom stereocenters. The predicted molar refractivity (Wildman–Crippen MR) is 89.7 cm³/mol. The second-order valence-corrected chi connectivity index (χ2v) is 5.41. The van der Waals surface area contributed by atoms with Crippen molar-refractivity contribution in [2.45, 2.75) is 0 Å². The smallest absolute Gasteiger partial charge is 0.0715 e. The first-order valence-corrected chi connectivity index (χ1v) is 7.25. The van der Waals surface area contributed by atoms with Crippen molar-refractivity contribution in [3.63, 3.8) is 0 Å². The van der Waals surface area contributed by atoms with Crippen molar-refractivity contribution >= 4 is 33.4 Å². The molecule has 0 radical (unpaired) electrons. The number of rotatable bonds is 1. The lowest BCUT2D eigenvalue weighted by molar-refractivity contribution is 1.49. The average molecular weight is 290 g/mol. The summed E-state index contributed by atoms with van der Waals surface area (Å²) < 4.78 is 0. The Morgan fingerprint density at radius 1 is 0.619 bits per heavy atom. The highest BCUT2D eigenvalue weighted by Gasteiger charge is 2.12. The zero-order valence-corrected chi connectivity index (χ0v) is 12.0. The van der Waals surface area contributed by atoms with Gasteiger partial charge in [-0.05, 0) is 18.2 Å². The second-order valence-electron chi connectivity index (χ2n) is 5.00. The van der Waals surface area contributed by atoms with E-state index in [1.165, 1.54) is 0 Å². The summed E-state index contributed by atoms with van der Waals surface area (Å²) in [6, 6.07) is 24.4. The molecule has 2 heteroatoms.